The number of nitrogens with one attached hydrogen (secondary N) is 1. The Morgan fingerprint density at radius 2 is 1.78 bits per heavy atom. The first-order valence-electron chi connectivity index (χ1n) is 6.21. The van der Waals surface area contributed by atoms with E-state index < -0.39 is 20.7 Å². The fourth-order valence-corrected chi connectivity index (χ4v) is 3.66. The first-order chi connectivity index (χ1) is 10.8. The summed E-state index contributed by atoms with van der Waals surface area (Å²) in [5.41, 5.74) is 0.170. The second kappa shape index (κ2) is 6.74. The molecule has 0 aliphatic rings. The van der Waals surface area contributed by atoms with Gasteiger partial charge >= 0.3 is 0 Å². The van der Waals surface area contributed by atoms with Gasteiger partial charge in [0.15, 0.2) is 5.75 Å². The molecule has 2 aromatic rings. The van der Waals surface area contributed by atoms with Crippen LogP contribution in [-0.2, 0) is 10.0 Å². The number of halogens is 2. The van der Waals surface area contributed by atoms with E-state index in [0.29, 0.717) is 5.75 Å². The van der Waals surface area contributed by atoms with Gasteiger partial charge in [0.2, 0.25) is 0 Å². The molecule has 124 valence electrons. The molecule has 2 rings (SSSR count). The zero-order valence-electron chi connectivity index (χ0n) is 12.1. The van der Waals surface area contributed by atoms with Crippen LogP contribution in [-0.4, -0.2) is 27.7 Å². The molecule has 0 unspecified atom stereocenters. The number of hydrogen-bond acceptors (Lipinski definition) is 5. The predicted octanol–water partition coefficient (Wildman–Crippen LogP) is 3.52. The van der Waals surface area contributed by atoms with E-state index in [4.69, 9.17) is 32.7 Å². The molecule has 6 nitrogen and oxygen atoms in total. The van der Waals surface area contributed by atoms with Gasteiger partial charge in [-0.1, -0.05) is 23.2 Å². The summed E-state index contributed by atoms with van der Waals surface area (Å²) in [5.74, 6) is 0.162. The molecule has 0 bridgehead atoms. The summed E-state index contributed by atoms with van der Waals surface area (Å²) in [6, 6.07) is 6.89. The van der Waals surface area contributed by atoms with Crippen LogP contribution in [0.5, 0.6) is 17.2 Å². The molecular formula is C14H13Cl2NO5S. The minimum absolute atomic E-state index is 0.0786. The largest absolute Gasteiger partial charge is 0.505 e. The second-order valence-corrected chi connectivity index (χ2v) is 6.90. The third kappa shape index (κ3) is 3.74. The highest BCUT2D eigenvalue weighted by atomic mass is 35.5. The van der Waals surface area contributed by atoms with Gasteiger partial charge in [-0.15, -0.1) is 0 Å². The summed E-state index contributed by atoms with van der Waals surface area (Å²) in [4.78, 5) is -0.437. The maximum atomic E-state index is 12.5. The van der Waals surface area contributed by atoms with E-state index in [1.807, 2.05) is 0 Å². The van der Waals surface area contributed by atoms with E-state index >= 15 is 0 Å². The maximum Gasteiger partial charge on any atom is 0.265 e. The Kier molecular flexibility index (Phi) is 5.13. The molecule has 0 fully saturated rings. The molecule has 0 radical (unpaired) electrons. The van der Waals surface area contributed by atoms with Gasteiger partial charge < -0.3 is 14.6 Å². The quantitative estimate of drug-likeness (QED) is 0.832. The first kappa shape index (κ1) is 17.5. The van der Waals surface area contributed by atoms with Gasteiger partial charge in [0.25, 0.3) is 10.0 Å². The molecule has 0 saturated heterocycles. The van der Waals surface area contributed by atoms with E-state index in [1.165, 1.54) is 32.4 Å². The van der Waals surface area contributed by atoms with Gasteiger partial charge in [0.1, 0.15) is 16.4 Å². The predicted molar refractivity (Wildman–Crippen MR) is 88.5 cm³/mol. The molecule has 0 aliphatic carbocycles. The highest BCUT2D eigenvalue weighted by Gasteiger charge is 2.23. The Labute approximate surface area is 143 Å². The van der Waals surface area contributed by atoms with Crippen LogP contribution in [0, 0.1) is 0 Å². The minimum atomic E-state index is -4.13. The first-order valence-corrected chi connectivity index (χ1v) is 8.45. The van der Waals surface area contributed by atoms with Crippen molar-refractivity contribution in [3.8, 4) is 17.2 Å². The van der Waals surface area contributed by atoms with E-state index in [9.17, 15) is 13.5 Å². The molecule has 0 aromatic heterocycles. The van der Waals surface area contributed by atoms with Crippen LogP contribution in [0.4, 0.5) is 5.69 Å². The average molecular weight is 378 g/mol. The molecule has 0 amide bonds. The van der Waals surface area contributed by atoms with Crippen molar-refractivity contribution < 1.29 is 23.0 Å². The molecule has 2 aromatic carbocycles. The van der Waals surface area contributed by atoms with Crippen LogP contribution >= 0.6 is 23.2 Å². The fraction of sp³-hybridized carbons (Fsp3) is 0.143. The van der Waals surface area contributed by atoms with Crippen molar-refractivity contribution in [2.75, 3.05) is 18.9 Å². The van der Waals surface area contributed by atoms with Crippen molar-refractivity contribution in [2.45, 2.75) is 4.90 Å². The lowest BCUT2D eigenvalue weighted by molar-refractivity contribution is 0.395. The Bertz CT molecular complexity index is 839. The van der Waals surface area contributed by atoms with Crippen LogP contribution in [0.3, 0.4) is 0 Å². The van der Waals surface area contributed by atoms with Gasteiger partial charge in [-0.05, 0) is 24.3 Å². The minimum Gasteiger partial charge on any atom is -0.505 e. The zero-order valence-corrected chi connectivity index (χ0v) is 14.5. The van der Waals surface area contributed by atoms with Crippen molar-refractivity contribution in [3.05, 3.63) is 40.4 Å². The Morgan fingerprint density at radius 3 is 2.39 bits per heavy atom. The summed E-state index contributed by atoms with van der Waals surface area (Å²) in [7, 11) is -1.26. The Hall–Kier alpha value is -1.83. The average Bonchev–Trinajstić information content (AvgIpc) is 2.50. The third-order valence-electron chi connectivity index (χ3n) is 2.94. The monoisotopic (exact) mass is 377 g/mol. The number of sulfonamides is 1. The highest BCUT2D eigenvalue weighted by molar-refractivity contribution is 7.92. The van der Waals surface area contributed by atoms with E-state index in [-0.39, 0.29) is 21.5 Å². The van der Waals surface area contributed by atoms with Crippen molar-refractivity contribution in [2.24, 2.45) is 0 Å². The van der Waals surface area contributed by atoms with Crippen molar-refractivity contribution >= 4 is 38.9 Å². The third-order valence-corrected chi connectivity index (χ3v) is 4.82. The zero-order chi connectivity index (χ0) is 17.2. The number of phenols is 1. The highest BCUT2D eigenvalue weighted by Crippen LogP contribution is 2.36. The smallest absolute Gasteiger partial charge is 0.265 e. The Balaban J connectivity index is 2.47. The fourth-order valence-electron chi connectivity index (χ4n) is 1.83. The maximum absolute atomic E-state index is 12.5. The topological polar surface area (TPSA) is 84.9 Å². The summed E-state index contributed by atoms with van der Waals surface area (Å²) in [6.45, 7) is 0. The van der Waals surface area contributed by atoms with E-state index in [0.717, 1.165) is 6.07 Å². The van der Waals surface area contributed by atoms with Crippen molar-refractivity contribution in [3.63, 3.8) is 0 Å². The molecular weight excluding hydrogens is 365 g/mol. The summed E-state index contributed by atoms with van der Waals surface area (Å²) in [5, 5.41) is 9.79. The van der Waals surface area contributed by atoms with Crippen LogP contribution in [0.15, 0.2) is 35.2 Å². The number of benzene rings is 2. The summed E-state index contributed by atoms with van der Waals surface area (Å²) < 4.78 is 37.4. The summed E-state index contributed by atoms with van der Waals surface area (Å²) in [6.07, 6.45) is 0. The Morgan fingerprint density at radius 1 is 1.09 bits per heavy atom. The normalized spacial score (nSPS) is 11.1. The van der Waals surface area contributed by atoms with Crippen LogP contribution < -0.4 is 14.2 Å². The van der Waals surface area contributed by atoms with Gasteiger partial charge in [-0.25, -0.2) is 8.42 Å². The van der Waals surface area contributed by atoms with Crippen molar-refractivity contribution in [1.29, 1.82) is 0 Å². The number of methoxy groups -OCH3 is 2. The van der Waals surface area contributed by atoms with Crippen LogP contribution in [0.2, 0.25) is 10.0 Å². The molecule has 0 spiro atoms. The molecule has 23 heavy (non-hydrogen) atoms. The number of phenolic OH excluding ortho intramolecular Hbond substituents is 1. The van der Waals surface area contributed by atoms with Crippen molar-refractivity contribution in [1.82, 2.24) is 0 Å². The molecule has 2 N–H and O–H groups in total. The number of ether oxygens (including phenoxy) is 2. The number of anilines is 1. The van der Waals surface area contributed by atoms with E-state index in [2.05, 4.69) is 4.72 Å². The SMILES string of the molecule is COc1ccc(NS(=O)(=O)c2cc(Cl)cc(Cl)c2O)c(OC)c1. The second-order valence-electron chi connectivity index (χ2n) is 4.41. The standard InChI is InChI=1S/C14H13Cl2NO5S/c1-21-9-3-4-11(12(7-9)22-2)17-23(19,20)13-6-8(15)5-10(16)14(13)18/h3-7,17-18H,1-2H3. The molecule has 9 heteroatoms. The number of rotatable bonds is 5. The lowest BCUT2D eigenvalue weighted by atomic mass is 10.3. The van der Waals surface area contributed by atoms with Crippen LogP contribution in [0.1, 0.15) is 0 Å². The van der Waals surface area contributed by atoms with Gasteiger partial charge in [0, 0.05) is 11.1 Å². The molecule has 0 atom stereocenters. The van der Waals surface area contributed by atoms with Gasteiger partial charge in [0.05, 0.1) is 24.9 Å². The van der Waals surface area contributed by atoms with Gasteiger partial charge in [-0.3, -0.25) is 4.72 Å². The number of hydrogen-bond donors (Lipinski definition) is 2. The molecule has 0 aliphatic heterocycles. The lowest BCUT2D eigenvalue weighted by Crippen LogP contribution is -2.14. The van der Waals surface area contributed by atoms with E-state index in [1.54, 1.807) is 6.07 Å². The molecule has 0 saturated carbocycles. The molecule has 0 heterocycles. The van der Waals surface area contributed by atoms with Crippen LogP contribution in [0.25, 0.3) is 0 Å². The number of aromatic hydroxyl groups is 1. The van der Waals surface area contributed by atoms with Gasteiger partial charge in [-0.2, -0.15) is 0 Å². The summed E-state index contributed by atoms with van der Waals surface area (Å²) >= 11 is 11.6. The lowest BCUT2D eigenvalue weighted by Gasteiger charge is -2.14.